The Bertz CT molecular complexity index is 879. The fourth-order valence-corrected chi connectivity index (χ4v) is 3.35. The quantitative estimate of drug-likeness (QED) is 0.711. The first-order valence-electron chi connectivity index (χ1n) is 5.74. The number of aromatic carboxylic acids is 1. The predicted molar refractivity (Wildman–Crippen MR) is 79.6 cm³/mol. The van der Waals surface area contributed by atoms with Crippen LogP contribution in [0, 0.1) is 11.6 Å². The van der Waals surface area contributed by atoms with Crippen LogP contribution in [-0.2, 0) is 0 Å². The number of hydrogen-bond donors (Lipinski definition) is 1. The van der Waals surface area contributed by atoms with E-state index in [2.05, 4.69) is 20.9 Å². The molecular formula is C14H6BrF2NO2S. The van der Waals surface area contributed by atoms with E-state index in [4.69, 9.17) is 0 Å². The number of pyridine rings is 1. The van der Waals surface area contributed by atoms with Gasteiger partial charge in [0.1, 0.15) is 11.3 Å². The summed E-state index contributed by atoms with van der Waals surface area (Å²) in [5, 5.41) is 9.21. The van der Waals surface area contributed by atoms with E-state index in [0.29, 0.717) is 16.6 Å². The van der Waals surface area contributed by atoms with E-state index in [0.717, 1.165) is 9.85 Å². The summed E-state index contributed by atoms with van der Waals surface area (Å²) in [6.45, 7) is 0. The molecule has 0 radical (unpaired) electrons. The highest BCUT2D eigenvalue weighted by molar-refractivity contribution is 9.11. The third-order valence-electron chi connectivity index (χ3n) is 2.89. The fraction of sp³-hybridized carbons (Fsp3) is 0. The van der Waals surface area contributed by atoms with E-state index in [1.807, 2.05) is 0 Å². The molecule has 3 aromatic rings. The van der Waals surface area contributed by atoms with Gasteiger partial charge in [-0.25, -0.2) is 18.6 Å². The Morgan fingerprint density at radius 2 is 2.00 bits per heavy atom. The number of hydrogen-bond acceptors (Lipinski definition) is 3. The molecule has 3 rings (SSSR count). The van der Waals surface area contributed by atoms with E-state index >= 15 is 0 Å². The largest absolute Gasteiger partial charge is 0.478 e. The van der Waals surface area contributed by atoms with Gasteiger partial charge < -0.3 is 5.11 Å². The monoisotopic (exact) mass is 369 g/mol. The van der Waals surface area contributed by atoms with Gasteiger partial charge in [-0.2, -0.15) is 0 Å². The zero-order valence-corrected chi connectivity index (χ0v) is 12.6. The van der Waals surface area contributed by atoms with Crippen LogP contribution in [0.2, 0.25) is 0 Å². The van der Waals surface area contributed by atoms with Crippen molar-refractivity contribution in [2.24, 2.45) is 0 Å². The van der Waals surface area contributed by atoms with E-state index < -0.39 is 17.6 Å². The molecular weight excluding hydrogens is 364 g/mol. The summed E-state index contributed by atoms with van der Waals surface area (Å²) < 4.78 is 28.0. The summed E-state index contributed by atoms with van der Waals surface area (Å²) in [5.74, 6) is -2.98. The van der Waals surface area contributed by atoms with Crippen molar-refractivity contribution in [2.45, 2.75) is 0 Å². The number of carboxylic acid groups (broad SMARTS) is 1. The molecule has 0 unspecified atom stereocenters. The van der Waals surface area contributed by atoms with Crippen LogP contribution in [0.15, 0.2) is 34.1 Å². The lowest BCUT2D eigenvalue weighted by Crippen LogP contribution is -2.01. The highest BCUT2D eigenvalue weighted by Crippen LogP contribution is 2.33. The Morgan fingerprint density at radius 1 is 1.24 bits per heavy atom. The number of rotatable bonds is 2. The van der Waals surface area contributed by atoms with Gasteiger partial charge in [0.15, 0.2) is 5.82 Å². The first-order valence-corrected chi connectivity index (χ1v) is 7.35. The van der Waals surface area contributed by atoms with Crippen LogP contribution in [0.25, 0.3) is 21.5 Å². The van der Waals surface area contributed by atoms with E-state index in [1.54, 1.807) is 12.1 Å². The van der Waals surface area contributed by atoms with E-state index in [9.17, 15) is 18.7 Å². The van der Waals surface area contributed by atoms with Crippen molar-refractivity contribution in [3.63, 3.8) is 0 Å². The topological polar surface area (TPSA) is 50.2 Å². The summed E-state index contributed by atoms with van der Waals surface area (Å²) in [7, 11) is 0. The smallest absolute Gasteiger partial charge is 0.336 e. The van der Waals surface area contributed by atoms with Crippen LogP contribution >= 0.6 is 27.3 Å². The molecule has 0 aliphatic heterocycles. The maximum absolute atomic E-state index is 13.9. The molecule has 2 aromatic heterocycles. The molecule has 0 fully saturated rings. The van der Waals surface area contributed by atoms with Gasteiger partial charge in [-0.1, -0.05) is 0 Å². The molecule has 0 atom stereocenters. The molecule has 2 heterocycles. The molecule has 0 spiro atoms. The first kappa shape index (κ1) is 14.1. The summed E-state index contributed by atoms with van der Waals surface area (Å²) in [6, 6.07) is 6.52. The SMILES string of the molecule is O=C(O)c1cc(-c2ccc(Br)s2)nc2c(F)cc(F)cc12. The summed E-state index contributed by atoms with van der Waals surface area (Å²) in [6.07, 6.45) is 0. The Morgan fingerprint density at radius 3 is 2.62 bits per heavy atom. The van der Waals surface area contributed by atoms with Crippen molar-refractivity contribution in [1.29, 1.82) is 0 Å². The molecule has 0 saturated carbocycles. The number of halogens is 3. The van der Waals surface area contributed by atoms with Crippen molar-refractivity contribution in [3.8, 4) is 10.6 Å². The highest BCUT2D eigenvalue weighted by Gasteiger charge is 2.17. The second-order valence-corrected chi connectivity index (χ2v) is 6.71. The van der Waals surface area contributed by atoms with Crippen LogP contribution < -0.4 is 0 Å². The van der Waals surface area contributed by atoms with Crippen LogP contribution in [0.1, 0.15) is 10.4 Å². The lowest BCUT2D eigenvalue weighted by Gasteiger charge is -2.06. The van der Waals surface area contributed by atoms with Crippen molar-refractivity contribution in [3.05, 3.63) is 51.3 Å². The Labute approximate surface area is 130 Å². The number of nitrogens with zero attached hydrogens (tertiary/aromatic N) is 1. The molecule has 1 N–H and O–H groups in total. The van der Waals surface area contributed by atoms with E-state index in [1.165, 1.54) is 17.4 Å². The molecule has 1 aromatic carbocycles. The minimum absolute atomic E-state index is 0.0561. The van der Waals surface area contributed by atoms with Crippen LogP contribution in [0.4, 0.5) is 8.78 Å². The minimum Gasteiger partial charge on any atom is -0.478 e. The molecule has 0 aliphatic rings. The van der Waals surface area contributed by atoms with Crippen LogP contribution in [0.3, 0.4) is 0 Å². The lowest BCUT2D eigenvalue weighted by atomic mass is 10.1. The molecule has 7 heteroatoms. The number of fused-ring (bicyclic) bond motifs is 1. The highest BCUT2D eigenvalue weighted by atomic mass is 79.9. The Hall–Kier alpha value is -1.86. The second-order valence-electron chi connectivity index (χ2n) is 4.25. The third kappa shape index (κ3) is 2.54. The van der Waals surface area contributed by atoms with Gasteiger partial charge in [-0.05, 0) is 40.2 Å². The summed E-state index contributed by atoms with van der Waals surface area (Å²) in [5.41, 5.74) is -0.00477. The molecule has 106 valence electrons. The Kier molecular flexibility index (Phi) is 3.46. The number of carboxylic acids is 1. The number of thiophene rings is 1. The molecule has 3 nitrogen and oxygen atoms in total. The van der Waals surface area contributed by atoms with Crippen molar-refractivity contribution in [2.75, 3.05) is 0 Å². The average Bonchev–Trinajstić information content (AvgIpc) is 2.84. The first-order chi connectivity index (χ1) is 9.95. The molecule has 0 amide bonds. The van der Waals surface area contributed by atoms with Gasteiger partial charge in [0.2, 0.25) is 0 Å². The number of carbonyl (C=O) groups is 1. The maximum Gasteiger partial charge on any atom is 0.336 e. The van der Waals surface area contributed by atoms with Gasteiger partial charge >= 0.3 is 5.97 Å². The third-order valence-corrected chi connectivity index (χ3v) is 4.53. The zero-order chi connectivity index (χ0) is 15.1. The lowest BCUT2D eigenvalue weighted by molar-refractivity contribution is 0.0699. The minimum atomic E-state index is -1.26. The van der Waals surface area contributed by atoms with Crippen LogP contribution in [-0.4, -0.2) is 16.1 Å². The number of benzene rings is 1. The van der Waals surface area contributed by atoms with E-state index in [-0.39, 0.29) is 16.5 Å². The zero-order valence-electron chi connectivity index (χ0n) is 10.2. The van der Waals surface area contributed by atoms with Gasteiger partial charge in [0.25, 0.3) is 0 Å². The van der Waals surface area contributed by atoms with Gasteiger partial charge in [0, 0.05) is 11.5 Å². The fourth-order valence-electron chi connectivity index (χ4n) is 2.01. The normalized spacial score (nSPS) is 11.0. The van der Waals surface area contributed by atoms with Crippen molar-refractivity contribution < 1.29 is 18.7 Å². The van der Waals surface area contributed by atoms with Gasteiger partial charge in [-0.15, -0.1) is 11.3 Å². The second kappa shape index (κ2) is 5.16. The van der Waals surface area contributed by atoms with Gasteiger partial charge in [-0.3, -0.25) is 0 Å². The van der Waals surface area contributed by atoms with Gasteiger partial charge in [0.05, 0.1) is 19.9 Å². The number of aromatic nitrogens is 1. The summed E-state index contributed by atoms with van der Waals surface area (Å²) >= 11 is 4.64. The molecule has 21 heavy (non-hydrogen) atoms. The predicted octanol–water partition coefficient (Wildman–Crippen LogP) is 4.70. The van der Waals surface area contributed by atoms with Crippen LogP contribution in [0.5, 0.6) is 0 Å². The average molecular weight is 370 g/mol. The standard InChI is InChI=1S/C14H6BrF2NO2S/c15-12-2-1-11(21-12)10-5-8(14(19)20)7-3-6(16)4-9(17)13(7)18-10/h1-5H,(H,19,20). The maximum atomic E-state index is 13.9. The Balaban J connectivity index is 2.37. The molecule has 0 saturated heterocycles. The van der Waals surface area contributed by atoms with Crippen molar-refractivity contribution in [1.82, 2.24) is 4.98 Å². The van der Waals surface area contributed by atoms with Crippen molar-refractivity contribution >= 4 is 44.1 Å². The molecule has 0 bridgehead atoms. The summed E-state index contributed by atoms with van der Waals surface area (Å²) in [4.78, 5) is 16.2. The molecule has 0 aliphatic carbocycles.